The summed E-state index contributed by atoms with van der Waals surface area (Å²) in [5, 5.41) is 3.77. The Morgan fingerprint density at radius 3 is 2.84 bits per heavy atom. The summed E-state index contributed by atoms with van der Waals surface area (Å²) in [4.78, 5) is 8.89. The van der Waals surface area contributed by atoms with Crippen molar-refractivity contribution in [3.8, 4) is 11.8 Å². The molecular formula is C12H14N2O4S. The van der Waals surface area contributed by atoms with E-state index in [1.807, 2.05) is 0 Å². The van der Waals surface area contributed by atoms with Gasteiger partial charge in [0.2, 0.25) is 0 Å². The van der Waals surface area contributed by atoms with Crippen LogP contribution >= 0.6 is 0 Å². The van der Waals surface area contributed by atoms with Gasteiger partial charge in [0.15, 0.2) is 0 Å². The molecule has 0 fully saturated rings. The molecule has 0 spiro atoms. The van der Waals surface area contributed by atoms with E-state index in [9.17, 15) is 8.42 Å². The van der Waals surface area contributed by atoms with Crippen LogP contribution in [-0.4, -0.2) is 39.1 Å². The van der Waals surface area contributed by atoms with E-state index in [0.29, 0.717) is 17.1 Å². The minimum Gasteiger partial charge on any atom is -0.399 e. The molecule has 0 bridgehead atoms. The Hall–Kier alpha value is -1.91. The second-order valence-electron chi connectivity index (χ2n) is 3.54. The Balaban J connectivity index is 2.78. The molecule has 6 nitrogen and oxygen atoms in total. The van der Waals surface area contributed by atoms with Gasteiger partial charge in [0, 0.05) is 0 Å². The highest BCUT2D eigenvalue weighted by Crippen LogP contribution is 2.00. The number of pyridine rings is 1. The molecule has 1 heterocycles. The molecule has 0 saturated heterocycles. The highest BCUT2D eigenvalue weighted by molar-refractivity contribution is 7.85. The summed E-state index contributed by atoms with van der Waals surface area (Å²) in [5.41, 5.74) is 1.76. The molecule has 0 N–H and O–H groups in total. The van der Waals surface area contributed by atoms with Crippen molar-refractivity contribution in [2.45, 2.75) is 6.92 Å². The molecule has 0 unspecified atom stereocenters. The normalized spacial score (nSPS) is 11.6. The van der Waals surface area contributed by atoms with E-state index < -0.39 is 10.1 Å². The molecule has 1 aromatic rings. The summed E-state index contributed by atoms with van der Waals surface area (Å²) in [6, 6.07) is 5.26. The summed E-state index contributed by atoms with van der Waals surface area (Å²) in [5.74, 6) is 5.28. The van der Waals surface area contributed by atoms with Crippen molar-refractivity contribution in [1.29, 1.82) is 0 Å². The summed E-state index contributed by atoms with van der Waals surface area (Å²) >= 11 is 0. The third kappa shape index (κ3) is 5.99. The van der Waals surface area contributed by atoms with Crippen molar-refractivity contribution in [2.24, 2.45) is 5.16 Å². The average molecular weight is 282 g/mol. The van der Waals surface area contributed by atoms with Crippen molar-refractivity contribution in [2.75, 3.05) is 20.0 Å². The molecule has 1 aromatic heterocycles. The lowest BCUT2D eigenvalue weighted by molar-refractivity contribution is 0.213. The van der Waals surface area contributed by atoms with Crippen LogP contribution in [0.4, 0.5) is 0 Å². The summed E-state index contributed by atoms with van der Waals surface area (Å²) in [7, 11) is -2.01. The second-order valence-corrected chi connectivity index (χ2v) is 5.18. The molecule has 0 aliphatic carbocycles. The highest BCUT2D eigenvalue weighted by Gasteiger charge is 2.00. The molecule has 0 amide bonds. The van der Waals surface area contributed by atoms with Gasteiger partial charge in [-0.25, -0.2) is 4.98 Å². The van der Waals surface area contributed by atoms with Gasteiger partial charge in [-0.3, -0.25) is 4.18 Å². The van der Waals surface area contributed by atoms with Crippen molar-refractivity contribution in [3.63, 3.8) is 0 Å². The molecular weight excluding hydrogens is 268 g/mol. The van der Waals surface area contributed by atoms with Crippen LogP contribution in [0.5, 0.6) is 0 Å². The van der Waals surface area contributed by atoms with Gasteiger partial charge in [-0.15, -0.1) is 0 Å². The lowest BCUT2D eigenvalue weighted by Crippen LogP contribution is -2.03. The smallest absolute Gasteiger partial charge is 0.265 e. The number of nitrogens with zero attached hydrogens (tertiary/aromatic N) is 2. The number of aromatic nitrogens is 1. The predicted octanol–water partition coefficient (Wildman–Crippen LogP) is 0.780. The van der Waals surface area contributed by atoms with Crippen LogP contribution < -0.4 is 0 Å². The molecule has 0 saturated carbocycles. The van der Waals surface area contributed by atoms with Crippen LogP contribution in [0, 0.1) is 11.8 Å². The monoisotopic (exact) mass is 282 g/mol. The van der Waals surface area contributed by atoms with Crippen molar-refractivity contribution >= 4 is 15.8 Å². The zero-order valence-electron chi connectivity index (χ0n) is 10.9. The predicted molar refractivity (Wildman–Crippen MR) is 71.1 cm³/mol. The summed E-state index contributed by atoms with van der Waals surface area (Å²) in [6.45, 7) is 1.56. The van der Waals surface area contributed by atoms with E-state index >= 15 is 0 Å². The molecule has 0 aliphatic rings. The third-order valence-corrected chi connectivity index (χ3v) is 2.46. The Morgan fingerprint density at radius 1 is 1.47 bits per heavy atom. The summed E-state index contributed by atoms with van der Waals surface area (Å²) in [6.07, 6.45) is 0.970. The van der Waals surface area contributed by atoms with E-state index in [0.717, 1.165) is 6.26 Å². The standard InChI is InChI=1S/C12H14N2O4S/c1-10(14-17-2)12-8-4-6-11(13-12)7-5-9-18-19(3,15)16/h4,6,8H,9H2,1-3H3/b14-10-. The van der Waals surface area contributed by atoms with E-state index in [1.54, 1.807) is 25.1 Å². The van der Waals surface area contributed by atoms with Gasteiger partial charge in [-0.2, -0.15) is 8.42 Å². The minimum absolute atomic E-state index is 0.199. The zero-order valence-corrected chi connectivity index (χ0v) is 11.7. The van der Waals surface area contributed by atoms with Crippen molar-refractivity contribution < 1.29 is 17.4 Å². The van der Waals surface area contributed by atoms with Crippen LogP contribution in [0.3, 0.4) is 0 Å². The van der Waals surface area contributed by atoms with Gasteiger partial charge in [0.1, 0.15) is 25.1 Å². The lowest BCUT2D eigenvalue weighted by atomic mass is 10.2. The molecule has 19 heavy (non-hydrogen) atoms. The molecule has 7 heteroatoms. The maximum atomic E-state index is 10.7. The molecule has 1 rings (SSSR count). The van der Waals surface area contributed by atoms with E-state index in [-0.39, 0.29) is 6.61 Å². The topological polar surface area (TPSA) is 77.9 Å². The lowest BCUT2D eigenvalue weighted by Gasteiger charge is -1.99. The zero-order chi connectivity index (χ0) is 14.3. The number of hydrogen-bond donors (Lipinski definition) is 0. The molecule has 0 aliphatic heterocycles. The van der Waals surface area contributed by atoms with Gasteiger partial charge >= 0.3 is 0 Å². The first-order valence-electron chi connectivity index (χ1n) is 5.31. The third-order valence-electron chi connectivity index (χ3n) is 1.91. The van der Waals surface area contributed by atoms with Crippen LogP contribution in [0.2, 0.25) is 0 Å². The van der Waals surface area contributed by atoms with Crippen molar-refractivity contribution in [1.82, 2.24) is 4.98 Å². The first kappa shape index (κ1) is 15.1. The number of oxime groups is 1. The van der Waals surface area contributed by atoms with E-state index in [1.165, 1.54) is 7.11 Å². The average Bonchev–Trinajstić information content (AvgIpc) is 2.34. The molecule has 102 valence electrons. The molecule has 0 aromatic carbocycles. The van der Waals surface area contributed by atoms with Crippen molar-refractivity contribution in [3.05, 3.63) is 29.6 Å². The number of hydrogen-bond acceptors (Lipinski definition) is 6. The van der Waals surface area contributed by atoms with Crippen LogP contribution in [0.1, 0.15) is 18.3 Å². The second kappa shape index (κ2) is 6.87. The number of rotatable bonds is 4. The Bertz CT molecular complexity index is 627. The first-order valence-corrected chi connectivity index (χ1v) is 7.12. The summed E-state index contributed by atoms with van der Waals surface area (Å²) < 4.78 is 25.9. The minimum atomic E-state index is -3.47. The van der Waals surface area contributed by atoms with Gasteiger partial charge in [0.05, 0.1) is 11.9 Å². The molecule has 0 radical (unpaired) electrons. The van der Waals surface area contributed by atoms with Gasteiger partial charge in [0.25, 0.3) is 10.1 Å². The quantitative estimate of drug-likeness (QED) is 0.353. The Labute approximate surface area is 112 Å². The maximum absolute atomic E-state index is 10.7. The van der Waals surface area contributed by atoms with Crippen LogP contribution in [0.15, 0.2) is 23.4 Å². The Kier molecular flexibility index (Phi) is 5.48. The van der Waals surface area contributed by atoms with Crippen LogP contribution in [-0.2, 0) is 19.1 Å². The van der Waals surface area contributed by atoms with Gasteiger partial charge in [-0.1, -0.05) is 17.1 Å². The van der Waals surface area contributed by atoms with Gasteiger partial charge < -0.3 is 4.84 Å². The highest BCUT2D eigenvalue weighted by atomic mass is 32.2. The fraction of sp³-hybridized carbons (Fsp3) is 0.333. The SMILES string of the molecule is CO/N=C(/C)c1cccc(C#CCOS(C)(=O)=O)n1. The van der Waals surface area contributed by atoms with Crippen LogP contribution in [0.25, 0.3) is 0 Å². The maximum Gasteiger partial charge on any atom is 0.265 e. The Morgan fingerprint density at radius 2 is 2.21 bits per heavy atom. The van der Waals surface area contributed by atoms with Gasteiger partial charge in [-0.05, 0) is 25.0 Å². The fourth-order valence-corrected chi connectivity index (χ4v) is 1.43. The largest absolute Gasteiger partial charge is 0.399 e. The first-order chi connectivity index (χ1) is 8.92. The van der Waals surface area contributed by atoms with E-state index in [2.05, 4.69) is 31.0 Å². The molecule has 0 atom stereocenters. The fourth-order valence-electron chi connectivity index (χ4n) is 1.15. The van der Waals surface area contributed by atoms with E-state index in [4.69, 9.17) is 0 Å².